The maximum Gasteiger partial charge on any atom is 0.334 e. The van der Waals surface area contributed by atoms with Crippen LogP contribution in [0.4, 0.5) is 0 Å². The normalized spacial score (nSPS) is 10.9. The van der Waals surface area contributed by atoms with E-state index in [4.69, 9.17) is 21.7 Å². The topological polar surface area (TPSA) is 145 Å². The van der Waals surface area contributed by atoms with Crippen LogP contribution in [0.5, 0.6) is 0 Å². The molecule has 0 aliphatic rings. The minimum absolute atomic E-state index is 0.613. The quantitative estimate of drug-likeness (QED) is 0.270. The summed E-state index contributed by atoms with van der Waals surface area (Å²) in [6.07, 6.45) is 0. The molecule has 0 rings (SSSR count). The highest BCUT2D eigenvalue weighted by Crippen LogP contribution is 1.96. The number of nitrogens with two attached hydrogens (primary N) is 2. The molecule has 8 nitrogen and oxygen atoms in total. The molecule has 0 bridgehead atoms. The Kier molecular flexibility index (Phi) is 5.02. The molecule has 0 heterocycles. The van der Waals surface area contributed by atoms with Crippen molar-refractivity contribution in [3.05, 3.63) is 0 Å². The number of esters is 2. The zero-order valence-corrected chi connectivity index (χ0v) is 7.30. The van der Waals surface area contributed by atoms with Crippen molar-refractivity contribution in [1.29, 1.82) is 0 Å². The molecule has 82 valence electrons. The molecule has 0 aliphatic heterocycles. The molecule has 0 fully saturated rings. The molecular weight excluding hydrogens is 196 g/mol. The van der Waals surface area contributed by atoms with Gasteiger partial charge in [0.15, 0.2) is 6.61 Å². The summed E-state index contributed by atoms with van der Waals surface area (Å²) in [5.74, 6) is -4.01. The van der Waals surface area contributed by atoms with E-state index < -0.39 is 37.6 Å². The van der Waals surface area contributed by atoms with Crippen LogP contribution < -0.4 is 11.5 Å². The average Bonchev–Trinajstić information content (AvgIpc) is 2.13. The average molecular weight is 208 g/mol. The van der Waals surface area contributed by atoms with Crippen molar-refractivity contribution in [2.45, 2.75) is 5.85 Å². The van der Waals surface area contributed by atoms with Crippen LogP contribution >= 0.6 is 0 Å². The molecule has 0 aromatic heterocycles. The summed E-state index contributed by atoms with van der Waals surface area (Å²) in [5.41, 5.74) is 10.3. The lowest BCUT2D eigenvalue weighted by Crippen LogP contribution is -2.57. The molecule has 0 unspecified atom stereocenters. The van der Waals surface area contributed by atoms with E-state index in [1.54, 1.807) is 0 Å². The van der Waals surface area contributed by atoms with Gasteiger partial charge in [-0.1, -0.05) is 0 Å². The van der Waals surface area contributed by atoms with Crippen LogP contribution in [0.2, 0.25) is 0 Å². The van der Waals surface area contributed by atoms with Crippen molar-refractivity contribution in [3.63, 3.8) is 0 Å². The molecule has 0 amide bonds. The fourth-order valence-corrected chi connectivity index (χ4v) is 0.513. The largest absolute Gasteiger partial charge is 0.457 e. The van der Waals surface area contributed by atoms with Crippen LogP contribution in [0.15, 0.2) is 0 Å². The van der Waals surface area contributed by atoms with E-state index >= 15 is 0 Å². The number of hydrogen-bond acceptors (Lipinski definition) is 8. The second-order valence-electron chi connectivity index (χ2n) is 2.41. The summed E-state index contributed by atoms with van der Waals surface area (Å²) < 4.78 is 8.59. The Hall–Kier alpha value is -1.22. The van der Waals surface area contributed by atoms with Gasteiger partial charge in [0.2, 0.25) is 0 Å². The summed E-state index contributed by atoms with van der Waals surface area (Å²) in [6.45, 7) is -2.33. The molecule has 0 saturated carbocycles. The van der Waals surface area contributed by atoms with Gasteiger partial charge in [-0.25, -0.2) is 9.59 Å². The van der Waals surface area contributed by atoms with Crippen LogP contribution in [0.25, 0.3) is 0 Å². The first kappa shape index (κ1) is 12.8. The lowest BCUT2D eigenvalue weighted by Gasteiger charge is -2.23. The zero-order valence-electron chi connectivity index (χ0n) is 7.30. The summed E-state index contributed by atoms with van der Waals surface area (Å²) in [5, 5.41) is 16.5. The molecule has 0 aromatic rings. The van der Waals surface area contributed by atoms with Gasteiger partial charge in [-0.05, 0) is 0 Å². The summed E-state index contributed by atoms with van der Waals surface area (Å²) in [4.78, 5) is 21.0. The third-order valence-electron chi connectivity index (χ3n) is 1.02. The number of aliphatic hydroxyl groups excluding tert-OH is 2. The van der Waals surface area contributed by atoms with Gasteiger partial charge in [0.1, 0.15) is 13.2 Å². The van der Waals surface area contributed by atoms with E-state index in [1.807, 2.05) is 0 Å². The SMILES string of the molecule is NC(N)(COC(=O)CO)OC(=O)CO. The van der Waals surface area contributed by atoms with Gasteiger partial charge in [0.25, 0.3) is 5.85 Å². The van der Waals surface area contributed by atoms with Crippen molar-refractivity contribution in [1.82, 2.24) is 0 Å². The minimum atomic E-state index is -2.01. The second-order valence-corrected chi connectivity index (χ2v) is 2.41. The number of ether oxygens (including phenoxy) is 2. The van der Waals surface area contributed by atoms with Crippen LogP contribution in [0, 0.1) is 0 Å². The zero-order chi connectivity index (χ0) is 11.2. The molecule has 0 aromatic carbocycles. The lowest BCUT2D eigenvalue weighted by molar-refractivity contribution is -0.175. The molecule has 14 heavy (non-hydrogen) atoms. The van der Waals surface area contributed by atoms with E-state index in [0.717, 1.165) is 0 Å². The first-order valence-electron chi connectivity index (χ1n) is 3.58. The molecule has 0 atom stereocenters. The Labute approximate surface area is 79.4 Å². The number of carbonyl (C=O) groups excluding carboxylic acids is 2. The Morgan fingerprint density at radius 2 is 1.64 bits per heavy atom. The van der Waals surface area contributed by atoms with Crippen LogP contribution in [-0.2, 0) is 19.1 Å². The van der Waals surface area contributed by atoms with Crippen molar-refractivity contribution in [3.8, 4) is 0 Å². The monoisotopic (exact) mass is 208 g/mol. The highest BCUT2D eigenvalue weighted by Gasteiger charge is 2.25. The maximum absolute atomic E-state index is 10.5. The Morgan fingerprint density at radius 1 is 1.14 bits per heavy atom. The predicted molar refractivity (Wildman–Crippen MR) is 42.3 cm³/mol. The standard InChI is InChI=1S/C6H12N2O6/c7-6(8,14-5(12)2-10)3-13-4(11)1-9/h9-10H,1-3,7-8H2. The van der Waals surface area contributed by atoms with Gasteiger partial charge in [-0.3, -0.25) is 11.5 Å². The molecular formula is C6H12N2O6. The molecule has 0 aliphatic carbocycles. The Bertz CT molecular complexity index is 216. The van der Waals surface area contributed by atoms with Crippen LogP contribution in [0.1, 0.15) is 0 Å². The minimum Gasteiger partial charge on any atom is -0.457 e. The molecule has 0 radical (unpaired) electrons. The van der Waals surface area contributed by atoms with Crippen molar-refractivity contribution < 1.29 is 29.3 Å². The Balaban J connectivity index is 3.94. The van der Waals surface area contributed by atoms with Crippen LogP contribution in [-0.4, -0.2) is 47.8 Å². The first-order chi connectivity index (χ1) is 6.41. The number of aliphatic hydroxyl groups is 2. The van der Waals surface area contributed by atoms with E-state index in [-0.39, 0.29) is 0 Å². The second kappa shape index (κ2) is 5.50. The van der Waals surface area contributed by atoms with E-state index in [1.165, 1.54) is 0 Å². The van der Waals surface area contributed by atoms with Gasteiger partial charge in [-0.15, -0.1) is 0 Å². The molecule has 6 N–H and O–H groups in total. The van der Waals surface area contributed by atoms with Crippen molar-refractivity contribution >= 4 is 11.9 Å². The van der Waals surface area contributed by atoms with Crippen molar-refractivity contribution in [2.75, 3.05) is 19.8 Å². The van der Waals surface area contributed by atoms with Gasteiger partial charge >= 0.3 is 11.9 Å². The third-order valence-corrected chi connectivity index (χ3v) is 1.02. The summed E-state index contributed by atoms with van der Waals surface area (Å²) >= 11 is 0. The van der Waals surface area contributed by atoms with Crippen LogP contribution in [0.3, 0.4) is 0 Å². The van der Waals surface area contributed by atoms with Gasteiger partial charge < -0.3 is 19.7 Å². The smallest absolute Gasteiger partial charge is 0.334 e. The number of hydrogen-bond donors (Lipinski definition) is 4. The molecule has 8 heteroatoms. The first-order valence-corrected chi connectivity index (χ1v) is 3.58. The van der Waals surface area contributed by atoms with Crippen molar-refractivity contribution in [2.24, 2.45) is 11.5 Å². The van der Waals surface area contributed by atoms with E-state index in [2.05, 4.69) is 9.47 Å². The number of rotatable bonds is 5. The highest BCUT2D eigenvalue weighted by atomic mass is 16.6. The van der Waals surface area contributed by atoms with E-state index in [0.29, 0.717) is 0 Å². The fraction of sp³-hybridized carbons (Fsp3) is 0.667. The van der Waals surface area contributed by atoms with Gasteiger partial charge in [-0.2, -0.15) is 0 Å². The number of carbonyl (C=O) groups is 2. The van der Waals surface area contributed by atoms with Gasteiger partial charge in [0.05, 0.1) is 0 Å². The van der Waals surface area contributed by atoms with E-state index in [9.17, 15) is 9.59 Å². The summed E-state index contributed by atoms with van der Waals surface area (Å²) in [6, 6.07) is 0. The third kappa shape index (κ3) is 5.43. The summed E-state index contributed by atoms with van der Waals surface area (Å²) in [7, 11) is 0. The van der Waals surface area contributed by atoms with Gasteiger partial charge in [0, 0.05) is 0 Å². The Morgan fingerprint density at radius 3 is 2.07 bits per heavy atom. The maximum atomic E-state index is 10.5. The fourth-order valence-electron chi connectivity index (χ4n) is 0.513. The lowest BCUT2D eigenvalue weighted by atomic mass is 10.5. The molecule has 0 spiro atoms. The molecule has 0 saturated heterocycles. The highest BCUT2D eigenvalue weighted by molar-refractivity contribution is 5.71. The predicted octanol–water partition coefficient (Wildman–Crippen LogP) is -3.37.